The third-order valence-electron chi connectivity index (χ3n) is 1.53. The molecule has 0 radical (unpaired) electrons. The number of carboxylic acids is 1. The molecule has 0 saturated heterocycles. The highest BCUT2D eigenvalue weighted by molar-refractivity contribution is 5.87. The first kappa shape index (κ1) is 13.2. The first-order valence-corrected chi connectivity index (χ1v) is 4.34. The van der Waals surface area contributed by atoms with Crippen LogP contribution in [0, 0.1) is 0 Å². The summed E-state index contributed by atoms with van der Waals surface area (Å²) in [5, 5.41) is 8.61. The van der Waals surface area contributed by atoms with Crippen molar-refractivity contribution in [2.45, 2.75) is 6.18 Å². The smallest absolute Gasteiger partial charge is 0.411 e. The zero-order valence-electron chi connectivity index (χ0n) is 8.40. The van der Waals surface area contributed by atoms with Crippen LogP contribution in [0.3, 0.4) is 0 Å². The van der Waals surface area contributed by atoms with E-state index in [0.29, 0.717) is 0 Å². The molecule has 0 spiro atoms. The lowest BCUT2D eigenvalue weighted by atomic mass is 10.3. The molecule has 0 amide bonds. The molecule has 0 aliphatic heterocycles. The Labute approximate surface area is 93.8 Å². The van der Waals surface area contributed by atoms with E-state index in [0.717, 1.165) is 12.3 Å². The zero-order valence-corrected chi connectivity index (χ0v) is 8.40. The van der Waals surface area contributed by atoms with E-state index in [-0.39, 0.29) is 11.3 Å². The number of aromatic carboxylic acids is 1. The molecule has 1 aromatic heterocycles. The second-order valence-corrected chi connectivity index (χ2v) is 2.94. The Morgan fingerprint density at radius 1 is 1.41 bits per heavy atom. The Kier molecular flexibility index (Phi) is 4.27. The molecule has 1 aromatic rings. The number of nitrogens with zero attached hydrogens (tertiary/aromatic N) is 1. The largest absolute Gasteiger partial charge is 0.478 e. The molecule has 1 N–H and O–H groups in total. The Hall–Kier alpha value is -1.83. The second-order valence-electron chi connectivity index (χ2n) is 2.94. The summed E-state index contributed by atoms with van der Waals surface area (Å²) in [6, 6.07) is 1.13. The monoisotopic (exact) mass is 251 g/mol. The third-order valence-corrected chi connectivity index (χ3v) is 1.53. The predicted molar refractivity (Wildman–Crippen MR) is 48.7 cm³/mol. The van der Waals surface area contributed by atoms with Gasteiger partial charge in [-0.05, 0) is 6.07 Å². The summed E-state index contributed by atoms with van der Waals surface area (Å²) in [4.78, 5) is 14.1. The lowest BCUT2D eigenvalue weighted by molar-refractivity contribution is -0.186. The molecule has 0 unspecified atom stereocenters. The van der Waals surface area contributed by atoms with Crippen LogP contribution in [-0.2, 0) is 4.74 Å². The fourth-order valence-electron chi connectivity index (χ4n) is 0.882. The molecular weight excluding hydrogens is 243 g/mol. The number of hydrogen-bond donors (Lipinski definition) is 1. The molecule has 0 bridgehead atoms. The van der Waals surface area contributed by atoms with Gasteiger partial charge in [0.15, 0.2) is 6.79 Å². The minimum atomic E-state index is -4.43. The van der Waals surface area contributed by atoms with Gasteiger partial charge in [-0.15, -0.1) is 0 Å². The maximum atomic E-state index is 11.7. The van der Waals surface area contributed by atoms with E-state index in [1.165, 1.54) is 6.20 Å². The van der Waals surface area contributed by atoms with Crippen molar-refractivity contribution in [3.63, 3.8) is 0 Å². The summed E-state index contributed by atoms with van der Waals surface area (Å²) in [7, 11) is 0. The zero-order chi connectivity index (χ0) is 12.9. The van der Waals surface area contributed by atoms with Gasteiger partial charge >= 0.3 is 12.1 Å². The molecule has 0 aromatic carbocycles. The van der Waals surface area contributed by atoms with Gasteiger partial charge in [-0.2, -0.15) is 13.2 Å². The fourth-order valence-corrected chi connectivity index (χ4v) is 0.882. The summed E-state index contributed by atoms with van der Waals surface area (Å²) in [5.74, 6) is -1.19. The first-order chi connectivity index (χ1) is 7.88. The molecular formula is C9H8F3NO4. The Balaban J connectivity index is 2.42. The molecule has 0 aliphatic carbocycles. The van der Waals surface area contributed by atoms with Crippen LogP contribution < -0.4 is 4.74 Å². The van der Waals surface area contributed by atoms with Crippen molar-refractivity contribution in [1.82, 2.24) is 4.98 Å². The quantitative estimate of drug-likeness (QED) is 0.637. The van der Waals surface area contributed by atoms with Crippen LogP contribution in [0.4, 0.5) is 13.2 Å². The van der Waals surface area contributed by atoms with E-state index >= 15 is 0 Å². The van der Waals surface area contributed by atoms with Crippen LogP contribution in [0.25, 0.3) is 0 Å². The van der Waals surface area contributed by atoms with Gasteiger partial charge in [0, 0.05) is 6.20 Å². The highest BCUT2D eigenvalue weighted by Gasteiger charge is 2.27. The molecule has 0 fully saturated rings. The van der Waals surface area contributed by atoms with Crippen LogP contribution >= 0.6 is 0 Å². The molecule has 94 valence electrons. The topological polar surface area (TPSA) is 68.7 Å². The van der Waals surface area contributed by atoms with Gasteiger partial charge in [-0.1, -0.05) is 0 Å². The summed E-state index contributed by atoms with van der Waals surface area (Å²) in [6.45, 7) is -2.07. The van der Waals surface area contributed by atoms with Crippen LogP contribution in [-0.4, -0.2) is 35.6 Å². The normalized spacial score (nSPS) is 11.2. The maximum Gasteiger partial charge on any atom is 0.411 e. The van der Waals surface area contributed by atoms with Crippen LogP contribution in [0.2, 0.25) is 0 Å². The number of rotatable bonds is 5. The Morgan fingerprint density at radius 2 is 2.12 bits per heavy atom. The number of ether oxygens (including phenoxy) is 2. The number of hydrogen-bond acceptors (Lipinski definition) is 4. The lowest BCUT2D eigenvalue weighted by Crippen LogP contribution is -2.19. The SMILES string of the molecule is O=C(O)c1cncc(OCOCC(F)(F)F)c1. The van der Waals surface area contributed by atoms with Gasteiger partial charge in [-0.25, -0.2) is 4.79 Å². The van der Waals surface area contributed by atoms with Gasteiger partial charge in [-0.3, -0.25) is 4.98 Å². The average Bonchev–Trinajstić information content (AvgIpc) is 2.23. The van der Waals surface area contributed by atoms with Crippen LogP contribution in [0.1, 0.15) is 10.4 Å². The average molecular weight is 251 g/mol. The number of alkyl halides is 3. The second kappa shape index (κ2) is 5.48. The number of carbonyl (C=O) groups is 1. The molecule has 1 heterocycles. The van der Waals surface area contributed by atoms with Crippen molar-refractivity contribution in [3.8, 4) is 5.75 Å². The standard InChI is InChI=1S/C9H8F3NO4/c10-9(11,12)4-16-5-17-7-1-6(8(14)15)2-13-3-7/h1-3H,4-5H2,(H,14,15). The minimum absolute atomic E-state index is 0.0204. The molecule has 8 heteroatoms. The van der Waals surface area contributed by atoms with Gasteiger partial charge in [0.2, 0.25) is 0 Å². The number of aromatic nitrogens is 1. The van der Waals surface area contributed by atoms with E-state index in [1.54, 1.807) is 0 Å². The Bertz CT molecular complexity index is 394. The molecule has 5 nitrogen and oxygen atoms in total. The van der Waals surface area contributed by atoms with E-state index in [4.69, 9.17) is 9.84 Å². The molecule has 0 aliphatic rings. The molecule has 0 atom stereocenters. The minimum Gasteiger partial charge on any atom is -0.478 e. The van der Waals surface area contributed by atoms with Crippen LogP contribution in [0.15, 0.2) is 18.5 Å². The van der Waals surface area contributed by atoms with Gasteiger partial charge in [0.05, 0.1) is 11.8 Å². The fraction of sp³-hybridized carbons (Fsp3) is 0.333. The van der Waals surface area contributed by atoms with E-state index in [9.17, 15) is 18.0 Å². The highest BCUT2D eigenvalue weighted by Crippen LogP contribution is 2.15. The van der Waals surface area contributed by atoms with Crippen molar-refractivity contribution in [3.05, 3.63) is 24.0 Å². The lowest BCUT2D eigenvalue weighted by Gasteiger charge is -2.09. The van der Waals surface area contributed by atoms with Crippen molar-refractivity contribution in [1.29, 1.82) is 0 Å². The van der Waals surface area contributed by atoms with E-state index in [2.05, 4.69) is 9.72 Å². The predicted octanol–water partition coefficient (Wildman–Crippen LogP) is 1.70. The summed E-state index contributed by atoms with van der Waals surface area (Å²) >= 11 is 0. The van der Waals surface area contributed by atoms with Gasteiger partial charge in [0.1, 0.15) is 12.4 Å². The highest BCUT2D eigenvalue weighted by atomic mass is 19.4. The number of pyridine rings is 1. The van der Waals surface area contributed by atoms with E-state index < -0.39 is 25.5 Å². The molecule has 1 rings (SSSR count). The Morgan fingerprint density at radius 3 is 2.71 bits per heavy atom. The van der Waals surface area contributed by atoms with E-state index in [1.807, 2.05) is 0 Å². The van der Waals surface area contributed by atoms with Crippen molar-refractivity contribution >= 4 is 5.97 Å². The maximum absolute atomic E-state index is 11.7. The summed E-state index contributed by atoms with van der Waals surface area (Å²) in [6.07, 6.45) is -2.17. The molecule has 0 saturated carbocycles. The van der Waals surface area contributed by atoms with Crippen molar-refractivity contribution in [2.75, 3.05) is 13.4 Å². The van der Waals surface area contributed by atoms with Crippen LogP contribution in [0.5, 0.6) is 5.75 Å². The summed E-state index contributed by atoms with van der Waals surface area (Å²) < 4.78 is 44.0. The summed E-state index contributed by atoms with van der Waals surface area (Å²) in [5.41, 5.74) is -0.127. The third kappa shape index (κ3) is 5.16. The van der Waals surface area contributed by atoms with Gasteiger partial charge in [0.25, 0.3) is 0 Å². The number of carboxylic acid groups (broad SMARTS) is 1. The molecule has 17 heavy (non-hydrogen) atoms. The van der Waals surface area contributed by atoms with Crippen molar-refractivity contribution in [2.24, 2.45) is 0 Å². The first-order valence-electron chi connectivity index (χ1n) is 4.34. The van der Waals surface area contributed by atoms with Gasteiger partial charge < -0.3 is 14.6 Å². The van der Waals surface area contributed by atoms with Crippen molar-refractivity contribution < 1.29 is 32.5 Å². The number of halogens is 3.